The zero-order valence-electron chi connectivity index (χ0n) is 3.64. The molecular formula is C4H8O2. The van der Waals surface area contributed by atoms with E-state index in [9.17, 15) is 0 Å². The van der Waals surface area contributed by atoms with Crippen molar-refractivity contribution in [2.24, 2.45) is 0 Å². The monoisotopic (exact) mass is 92.1 g/mol. The summed E-state index contributed by atoms with van der Waals surface area (Å²) in [5.41, 5.74) is 0. The van der Waals surface area contributed by atoms with Crippen LogP contribution < -0.4 is 0 Å². The summed E-state index contributed by atoms with van der Waals surface area (Å²) in [5.74, 6) is 0. The van der Waals surface area contributed by atoms with Crippen LogP contribution in [0.5, 0.6) is 0 Å². The molecule has 0 aliphatic carbocycles. The third-order valence-corrected chi connectivity index (χ3v) is 0.744. The molecule has 0 radical (unpaired) electrons. The molecule has 0 aromatic heterocycles. The molecule has 0 aromatic carbocycles. The lowest BCUT2D eigenvalue weighted by Crippen LogP contribution is -2.16. The van der Waals surface area contributed by atoms with Gasteiger partial charge < -0.3 is 9.47 Å². The second-order valence-corrected chi connectivity index (χ2v) is 1.22. The fourth-order valence-corrected chi connectivity index (χ4v) is 0.440. The van der Waals surface area contributed by atoms with Gasteiger partial charge in [-0.15, -0.1) is 0 Å². The van der Waals surface area contributed by atoms with Crippen molar-refractivity contribution in [3.8, 4) is 0 Å². The van der Waals surface area contributed by atoms with Gasteiger partial charge in [0.05, 0.1) is 26.4 Å². The van der Waals surface area contributed by atoms with Gasteiger partial charge in [-0.25, -0.2) is 0 Å². The van der Waals surface area contributed by atoms with E-state index < -0.39 is 0 Å². The van der Waals surface area contributed by atoms with E-state index in [1.807, 2.05) is 0 Å². The van der Waals surface area contributed by atoms with Gasteiger partial charge in [-0.2, -0.15) is 0 Å². The molecule has 1 aliphatic rings. The van der Waals surface area contributed by atoms with Crippen LogP contribution in [0.4, 0.5) is 0 Å². The van der Waals surface area contributed by atoms with Gasteiger partial charge in [0, 0.05) is 0 Å². The van der Waals surface area contributed by atoms with Crippen molar-refractivity contribution in [2.45, 2.75) is 0 Å². The first kappa shape index (κ1) is 4.09. The first-order valence-electron chi connectivity index (χ1n) is 2.15. The molecule has 0 aromatic rings. The lowest BCUT2D eigenvalue weighted by molar-refractivity contribution is -0.0334. The van der Waals surface area contributed by atoms with Crippen LogP contribution in [0.15, 0.2) is 0 Å². The van der Waals surface area contributed by atoms with E-state index >= 15 is 0 Å². The van der Waals surface area contributed by atoms with E-state index in [0.717, 1.165) is 26.4 Å². The Morgan fingerprint density at radius 3 is 1.17 bits per heavy atom. The summed E-state index contributed by atoms with van der Waals surface area (Å²) in [6.07, 6.45) is 0. The fourth-order valence-electron chi connectivity index (χ4n) is 0.440. The Hall–Kier alpha value is -0.0800. The topological polar surface area (TPSA) is 18.5 Å². The first-order valence-corrected chi connectivity index (χ1v) is 2.15. The lowest BCUT2D eigenvalue weighted by Gasteiger charge is -2.09. The predicted molar refractivity (Wildman–Crippen MR) is 21.6 cm³/mol. The van der Waals surface area contributed by atoms with Crippen molar-refractivity contribution >= 4 is 0 Å². The van der Waals surface area contributed by atoms with Crippen LogP contribution in [0.3, 0.4) is 0 Å². The van der Waals surface area contributed by atoms with E-state index in [2.05, 4.69) is 0 Å². The van der Waals surface area contributed by atoms with Gasteiger partial charge in [-0.05, 0) is 0 Å². The maximum atomic E-state index is 4.94. The van der Waals surface area contributed by atoms with E-state index in [0.29, 0.717) is 0 Å². The number of hydrogen-bond donors (Lipinski definition) is 0. The van der Waals surface area contributed by atoms with Gasteiger partial charge in [-0.3, -0.25) is 0 Å². The molecule has 0 saturated carbocycles. The van der Waals surface area contributed by atoms with Gasteiger partial charge in [0.25, 0.3) is 0 Å². The van der Waals surface area contributed by atoms with Gasteiger partial charge in [0.1, 0.15) is 0 Å². The van der Waals surface area contributed by atoms with Crippen LogP contribution in [0, 0.1) is 0 Å². The SMILES string of the molecule is [13CH2]1[13CH2]O[13CH2][13CH2]O1. The Kier molecular flexibility index (Phi) is 1.47. The molecular weight excluding hydrogens is 84.0 g/mol. The molecule has 1 fully saturated rings. The molecule has 1 aliphatic heterocycles. The Morgan fingerprint density at radius 1 is 0.667 bits per heavy atom. The Labute approximate surface area is 37.1 Å². The standard InChI is InChI=1S/C4H8O2/c1-2-6-4-3-5-1/h1-4H2/i1+1,2+1,3+1,4+1. The normalized spacial score (nSPS) is 24.0. The summed E-state index contributed by atoms with van der Waals surface area (Å²) < 4.78 is 9.89. The molecule has 2 nitrogen and oxygen atoms in total. The first-order chi connectivity index (χ1) is 3.00. The van der Waals surface area contributed by atoms with Crippen molar-refractivity contribution in [1.29, 1.82) is 0 Å². The van der Waals surface area contributed by atoms with Crippen molar-refractivity contribution in [3.05, 3.63) is 0 Å². The average molecular weight is 92.1 g/mol. The third-order valence-electron chi connectivity index (χ3n) is 0.744. The predicted octanol–water partition coefficient (Wildman–Crippen LogP) is 0.0332. The highest BCUT2D eigenvalue weighted by Crippen LogP contribution is 1.85. The van der Waals surface area contributed by atoms with Crippen molar-refractivity contribution < 1.29 is 9.47 Å². The summed E-state index contributed by atoms with van der Waals surface area (Å²) in [7, 11) is 0. The van der Waals surface area contributed by atoms with E-state index in [-0.39, 0.29) is 0 Å². The summed E-state index contributed by atoms with van der Waals surface area (Å²) >= 11 is 0. The Bertz CT molecular complexity index is 21.0. The highest BCUT2D eigenvalue weighted by molar-refractivity contribution is 4.37. The molecule has 6 heavy (non-hydrogen) atoms. The highest BCUT2D eigenvalue weighted by Gasteiger charge is 1.94. The Balaban J connectivity index is 2.00. The molecule has 0 bridgehead atoms. The van der Waals surface area contributed by atoms with E-state index in [1.165, 1.54) is 0 Å². The van der Waals surface area contributed by atoms with Gasteiger partial charge in [0.2, 0.25) is 0 Å². The second-order valence-electron chi connectivity index (χ2n) is 1.22. The molecule has 1 heterocycles. The molecule has 1 rings (SSSR count). The van der Waals surface area contributed by atoms with E-state index in [1.54, 1.807) is 0 Å². The average Bonchev–Trinajstić information content (AvgIpc) is 1.72. The minimum absolute atomic E-state index is 0.778. The zero-order valence-corrected chi connectivity index (χ0v) is 3.64. The van der Waals surface area contributed by atoms with Crippen molar-refractivity contribution in [1.82, 2.24) is 0 Å². The van der Waals surface area contributed by atoms with Crippen molar-refractivity contribution in [3.63, 3.8) is 0 Å². The summed E-state index contributed by atoms with van der Waals surface area (Å²) in [6.45, 7) is 3.11. The largest absolute Gasteiger partial charge is 0.377 e. The molecule has 0 unspecified atom stereocenters. The molecule has 2 heteroatoms. The van der Waals surface area contributed by atoms with Gasteiger partial charge >= 0.3 is 0 Å². The molecule has 36 valence electrons. The minimum atomic E-state index is 0.778. The zero-order chi connectivity index (χ0) is 4.24. The molecule has 0 spiro atoms. The van der Waals surface area contributed by atoms with Crippen LogP contribution >= 0.6 is 0 Å². The molecule has 1 saturated heterocycles. The third kappa shape index (κ3) is 0.954. The van der Waals surface area contributed by atoms with Crippen LogP contribution in [0.2, 0.25) is 0 Å². The smallest absolute Gasteiger partial charge is 0.0701 e. The molecule has 0 atom stereocenters. The van der Waals surface area contributed by atoms with Gasteiger partial charge in [-0.1, -0.05) is 0 Å². The van der Waals surface area contributed by atoms with Crippen LogP contribution in [0.25, 0.3) is 0 Å². The van der Waals surface area contributed by atoms with Crippen LogP contribution in [-0.4, -0.2) is 26.4 Å². The maximum Gasteiger partial charge on any atom is 0.0701 e. The molecule has 0 N–H and O–H groups in total. The number of ether oxygens (including phenoxy) is 2. The Morgan fingerprint density at radius 2 is 1.00 bits per heavy atom. The maximum absolute atomic E-state index is 4.94. The quantitative estimate of drug-likeness (QED) is 0.392. The lowest BCUT2D eigenvalue weighted by atomic mass is 11.6. The number of hydrogen-bond acceptors (Lipinski definition) is 2. The fraction of sp³-hybridized carbons (Fsp3) is 1.00. The highest BCUT2D eigenvalue weighted by atomic mass is 16.7. The minimum Gasteiger partial charge on any atom is -0.377 e. The second kappa shape index (κ2) is 2.16. The number of rotatable bonds is 0. The van der Waals surface area contributed by atoms with Crippen molar-refractivity contribution in [2.75, 3.05) is 26.4 Å². The summed E-state index contributed by atoms with van der Waals surface area (Å²) in [4.78, 5) is 0. The summed E-state index contributed by atoms with van der Waals surface area (Å²) in [6, 6.07) is 0. The van der Waals surface area contributed by atoms with Crippen LogP contribution in [0.1, 0.15) is 0 Å². The van der Waals surface area contributed by atoms with Crippen LogP contribution in [-0.2, 0) is 9.47 Å². The molecule has 0 amide bonds. The summed E-state index contributed by atoms with van der Waals surface area (Å²) in [5, 5.41) is 0. The van der Waals surface area contributed by atoms with Gasteiger partial charge in [0.15, 0.2) is 0 Å². The van der Waals surface area contributed by atoms with E-state index in [4.69, 9.17) is 9.47 Å².